The molecule has 2 aromatic rings. The molecule has 1 atom stereocenters. The van der Waals surface area contributed by atoms with Crippen molar-refractivity contribution < 1.29 is 8.76 Å². The summed E-state index contributed by atoms with van der Waals surface area (Å²) in [5, 5.41) is -0.101. The van der Waals surface area contributed by atoms with Crippen molar-refractivity contribution in [2.24, 2.45) is 0 Å². The van der Waals surface area contributed by atoms with Crippen molar-refractivity contribution in [3.63, 3.8) is 0 Å². The van der Waals surface area contributed by atoms with E-state index in [4.69, 9.17) is 4.55 Å². The minimum atomic E-state index is -2.16. The molecule has 15 heavy (non-hydrogen) atoms. The van der Waals surface area contributed by atoms with Gasteiger partial charge in [0.25, 0.3) is 0 Å². The largest absolute Gasteiger partial charge is 0.300 e. The van der Waals surface area contributed by atoms with Crippen molar-refractivity contribution in [2.75, 3.05) is 0 Å². The highest BCUT2D eigenvalue weighted by Gasteiger charge is 2.05. The molecule has 1 N–H and O–H groups in total. The van der Waals surface area contributed by atoms with Gasteiger partial charge in [0.1, 0.15) is 0 Å². The van der Waals surface area contributed by atoms with E-state index in [1.54, 1.807) is 24.5 Å². The Morgan fingerprint density at radius 1 is 1.27 bits per heavy atom. The Morgan fingerprint density at radius 3 is 2.80 bits per heavy atom. The molecule has 0 radical (unpaired) electrons. The van der Waals surface area contributed by atoms with Gasteiger partial charge in [-0.1, -0.05) is 0 Å². The summed E-state index contributed by atoms with van der Waals surface area (Å²) in [5.74, 6) is 0. The number of rotatable bonds is 2. The zero-order valence-corrected chi connectivity index (χ0v) is 8.39. The first-order valence-corrected chi connectivity index (χ1v) is 5.22. The topological polar surface area (TPSA) is 76.0 Å². The molecule has 5 nitrogen and oxygen atoms in total. The van der Waals surface area contributed by atoms with Crippen molar-refractivity contribution in [3.8, 4) is 11.3 Å². The van der Waals surface area contributed by atoms with Gasteiger partial charge in [-0.3, -0.25) is 9.54 Å². The highest BCUT2D eigenvalue weighted by atomic mass is 32.2. The minimum Gasteiger partial charge on any atom is -0.300 e. The van der Waals surface area contributed by atoms with Gasteiger partial charge in [0.2, 0.25) is 16.2 Å². The van der Waals surface area contributed by atoms with Crippen LogP contribution in [0.5, 0.6) is 0 Å². The third kappa shape index (κ3) is 2.23. The fourth-order valence-electron chi connectivity index (χ4n) is 1.10. The van der Waals surface area contributed by atoms with Gasteiger partial charge in [0.15, 0.2) is 0 Å². The van der Waals surface area contributed by atoms with E-state index in [0.717, 1.165) is 5.56 Å². The summed E-state index contributed by atoms with van der Waals surface area (Å²) in [5.41, 5.74) is 1.36. The van der Waals surface area contributed by atoms with Crippen molar-refractivity contribution in [1.29, 1.82) is 0 Å². The van der Waals surface area contributed by atoms with E-state index >= 15 is 0 Å². The molecule has 2 aromatic heterocycles. The van der Waals surface area contributed by atoms with Gasteiger partial charge in [-0.2, -0.15) is 0 Å². The molecule has 0 fully saturated rings. The van der Waals surface area contributed by atoms with Gasteiger partial charge in [0, 0.05) is 24.2 Å². The van der Waals surface area contributed by atoms with E-state index in [0.29, 0.717) is 5.69 Å². The lowest BCUT2D eigenvalue weighted by atomic mass is 10.2. The van der Waals surface area contributed by atoms with E-state index in [1.165, 1.54) is 6.20 Å². The first kappa shape index (κ1) is 9.88. The van der Waals surface area contributed by atoms with E-state index in [1.807, 2.05) is 6.07 Å². The van der Waals surface area contributed by atoms with E-state index in [9.17, 15) is 4.21 Å². The second-order valence-electron chi connectivity index (χ2n) is 2.72. The fraction of sp³-hybridized carbons (Fsp3) is 0. The van der Waals surface area contributed by atoms with Crippen LogP contribution < -0.4 is 0 Å². The number of hydrogen-bond donors (Lipinski definition) is 1. The van der Waals surface area contributed by atoms with Crippen LogP contribution in [-0.4, -0.2) is 23.7 Å². The van der Waals surface area contributed by atoms with E-state index < -0.39 is 11.1 Å². The average molecular weight is 221 g/mol. The van der Waals surface area contributed by atoms with Crippen molar-refractivity contribution in [1.82, 2.24) is 15.0 Å². The van der Waals surface area contributed by atoms with Crippen LogP contribution >= 0.6 is 0 Å². The minimum absolute atomic E-state index is 0.101. The molecule has 2 rings (SSSR count). The van der Waals surface area contributed by atoms with Crippen LogP contribution in [0.25, 0.3) is 11.3 Å². The molecule has 0 aromatic carbocycles. The molecule has 1 unspecified atom stereocenters. The van der Waals surface area contributed by atoms with E-state index in [2.05, 4.69) is 15.0 Å². The number of hydrogen-bond acceptors (Lipinski definition) is 4. The van der Waals surface area contributed by atoms with Crippen LogP contribution in [0.15, 0.2) is 41.9 Å². The fourth-order valence-corrected chi connectivity index (χ4v) is 1.43. The second kappa shape index (κ2) is 4.24. The Kier molecular flexibility index (Phi) is 2.79. The first-order chi connectivity index (χ1) is 7.27. The van der Waals surface area contributed by atoms with Crippen molar-refractivity contribution in [2.45, 2.75) is 5.16 Å². The molecule has 76 valence electrons. The SMILES string of the molecule is O=S(O)c1nccc(-c2cccnc2)n1. The van der Waals surface area contributed by atoms with Gasteiger partial charge in [0.05, 0.1) is 5.69 Å². The van der Waals surface area contributed by atoms with Crippen LogP contribution in [0.2, 0.25) is 0 Å². The highest BCUT2D eigenvalue weighted by Crippen LogP contribution is 2.14. The van der Waals surface area contributed by atoms with Crippen molar-refractivity contribution >= 4 is 11.1 Å². The van der Waals surface area contributed by atoms with Crippen LogP contribution in [0.4, 0.5) is 0 Å². The third-order valence-corrected chi connectivity index (χ3v) is 2.26. The lowest BCUT2D eigenvalue weighted by molar-refractivity contribution is 0.555. The molecule has 0 saturated heterocycles. The Balaban J connectivity index is 2.46. The number of aromatic nitrogens is 3. The first-order valence-electron chi connectivity index (χ1n) is 4.11. The Bertz CT molecular complexity index is 490. The van der Waals surface area contributed by atoms with Crippen LogP contribution in [0, 0.1) is 0 Å². The summed E-state index contributed by atoms with van der Waals surface area (Å²) in [6, 6.07) is 5.25. The predicted molar refractivity (Wildman–Crippen MR) is 54.3 cm³/mol. The van der Waals surface area contributed by atoms with Gasteiger partial charge in [-0.15, -0.1) is 0 Å². The second-order valence-corrected chi connectivity index (χ2v) is 3.58. The quantitative estimate of drug-likeness (QED) is 0.607. The maximum atomic E-state index is 10.8. The summed E-state index contributed by atoms with van der Waals surface area (Å²) in [7, 11) is 0. The monoisotopic (exact) mass is 221 g/mol. The molecule has 0 aliphatic carbocycles. The van der Waals surface area contributed by atoms with Gasteiger partial charge < -0.3 is 0 Å². The molecule has 0 bridgehead atoms. The molecule has 0 aliphatic rings. The lowest BCUT2D eigenvalue weighted by Crippen LogP contribution is -1.98. The highest BCUT2D eigenvalue weighted by molar-refractivity contribution is 7.79. The number of pyridine rings is 1. The van der Waals surface area contributed by atoms with Gasteiger partial charge >= 0.3 is 0 Å². The maximum absolute atomic E-state index is 10.8. The number of nitrogens with zero attached hydrogens (tertiary/aromatic N) is 3. The molecule has 0 aliphatic heterocycles. The summed E-state index contributed by atoms with van der Waals surface area (Å²) >= 11 is -2.16. The maximum Gasteiger partial charge on any atom is 0.247 e. The van der Waals surface area contributed by atoms with Crippen molar-refractivity contribution in [3.05, 3.63) is 36.8 Å². The van der Waals surface area contributed by atoms with Crippen LogP contribution in [0.3, 0.4) is 0 Å². The van der Waals surface area contributed by atoms with E-state index in [-0.39, 0.29) is 5.16 Å². The third-order valence-electron chi connectivity index (χ3n) is 1.75. The Hall–Kier alpha value is -1.66. The molecule has 6 heteroatoms. The smallest absolute Gasteiger partial charge is 0.247 e. The summed E-state index contributed by atoms with van der Waals surface area (Å²) in [6.45, 7) is 0. The summed E-state index contributed by atoms with van der Waals surface area (Å²) < 4.78 is 19.6. The normalized spacial score (nSPS) is 12.3. The Labute approximate surface area is 88.5 Å². The average Bonchev–Trinajstić information content (AvgIpc) is 2.30. The van der Waals surface area contributed by atoms with Gasteiger partial charge in [-0.05, 0) is 18.2 Å². The molecular weight excluding hydrogens is 214 g/mol. The lowest BCUT2D eigenvalue weighted by Gasteiger charge is -1.99. The molecular formula is C9H7N3O2S. The van der Waals surface area contributed by atoms with Crippen LogP contribution in [0.1, 0.15) is 0 Å². The molecule has 2 heterocycles. The standard InChI is InChI=1S/C9H7N3O2S/c13-15(14)9-11-5-3-8(12-9)7-2-1-4-10-6-7/h1-6H,(H,13,14). The molecule has 0 spiro atoms. The summed E-state index contributed by atoms with van der Waals surface area (Å²) in [6.07, 6.45) is 4.72. The zero-order chi connectivity index (χ0) is 10.7. The Morgan fingerprint density at radius 2 is 2.13 bits per heavy atom. The zero-order valence-electron chi connectivity index (χ0n) is 7.57. The molecule has 0 saturated carbocycles. The van der Waals surface area contributed by atoms with Gasteiger partial charge in [-0.25, -0.2) is 14.2 Å². The summed E-state index contributed by atoms with van der Waals surface area (Å²) in [4.78, 5) is 11.6. The molecule has 0 amide bonds. The van der Waals surface area contributed by atoms with Crippen LogP contribution in [-0.2, 0) is 11.1 Å². The predicted octanol–water partition coefficient (Wildman–Crippen LogP) is 1.12.